The quantitative estimate of drug-likeness (QED) is 0.689. The molecule has 4 unspecified atom stereocenters. The zero-order chi connectivity index (χ0) is 9.64. The van der Waals surface area contributed by atoms with Crippen LogP contribution in [0.2, 0.25) is 0 Å². The number of aliphatic hydroxyl groups excluding tert-OH is 1. The van der Waals surface area contributed by atoms with Crippen molar-refractivity contribution >= 4 is 12.0 Å². The lowest BCUT2D eigenvalue weighted by molar-refractivity contribution is 0.145. The molecule has 13 heavy (non-hydrogen) atoms. The van der Waals surface area contributed by atoms with Gasteiger partial charge in [-0.3, -0.25) is 0 Å². The molecule has 2 nitrogen and oxygen atoms in total. The lowest BCUT2D eigenvalue weighted by Gasteiger charge is -2.17. The van der Waals surface area contributed by atoms with Crippen molar-refractivity contribution in [2.75, 3.05) is 5.75 Å². The molecule has 0 aliphatic heterocycles. The molecule has 0 spiro atoms. The first-order valence-corrected chi connectivity index (χ1v) is 6.00. The average molecular weight is 202 g/mol. The fourth-order valence-corrected chi connectivity index (χ4v) is 4.37. The fraction of sp³-hybridized carbons (Fsp3) is 1.00. The van der Waals surface area contributed by atoms with Crippen LogP contribution >= 0.6 is 12.0 Å². The third kappa shape index (κ3) is 1.32. The van der Waals surface area contributed by atoms with Gasteiger partial charge >= 0.3 is 0 Å². The standard InChI is InChI=1S/C10H18O2S/c1-6(2)9-8-3-7(11)4-10(8,9)5-13-12/h6-9,11-12H,3-5H2,1-2H3. The van der Waals surface area contributed by atoms with E-state index in [4.69, 9.17) is 4.55 Å². The zero-order valence-corrected chi connectivity index (χ0v) is 9.05. The maximum absolute atomic E-state index is 9.53. The zero-order valence-electron chi connectivity index (χ0n) is 8.23. The molecule has 0 amide bonds. The Bertz CT molecular complexity index is 207. The summed E-state index contributed by atoms with van der Waals surface area (Å²) >= 11 is 0.951. The molecule has 2 rings (SSSR count). The Morgan fingerprint density at radius 3 is 2.77 bits per heavy atom. The van der Waals surface area contributed by atoms with E-state index in [2.05, 4.69) is 13.8 Å². The molecule has 2 aliphatic rings. The number of fused-ring (bicyclic) bond motifs is 1. The average Bonchev–Trinajstić information content (AvgIpc) is 2.46. The minimum absolute atomic E-state index is 0.104. The highest BCUT2D eigenvalue weighted by Gasteiger charge is 2.68. The minimum atomic E-state index is -0.104. The number of hydrogen-bond acceptors (Lipinski definition) is 3. The molecule has 0 bridgehead atoms. The van der Waals surface area contributed by atoms with E-state index in [0.717, 1.165) is 36.6 Å². The molecule has 0 aromatic heterocycles. The first kappa shape index (κ1) is 9.81. The van der Waals surface area contributed by atoms with Gasteiger partial charge in [0.25, 0.3) is 0 Å². The summed E-state index contributed by atoms with van der Waals surface area (Å²) in [5.41, 5.74) is 0.285. The van der Waals surface area contributed by atoms with Gasteiger partial charge in [-0.15, -0.1) is 0 Å². The third-order valence-corrected chi connectivity index (χ3v) is 4.59. The van der Waals surface area contributed by atoms with E-state index in [1.165, 1.54) is 0 Å². The molecule has 0 aromatic rings. The van der Waals surface area contributed by atoms with Crippen LogP contribution in [0.25, 0.3) is 0 Å². The lowest BCUT2D eigenvalue weighted by atomic mass is 9.93. The molecule has 2 aliphatic carbocycles. The smallest absolute Gasteiger partial charge is 0.0549 e. The van der Waals surface area contributed by atoms with E-state index < -0.39 is 0 Å². The predicted molar refractivity (Wildman–Crippen MR) is 54.6 cm³/mol. The van der Waals surface area contributed by atoms with Crippen LogP contribution < -0.4 is 0 Å². The van der Waals surface area contributed by atoms with Crippen molar-refractivity contribution < 1.29 is 9.66 Å². The molecule has 2 N–H and O–H groups in total. The predicted octanol–water partition coefficient (Wildman–Crippen LogP) is 2.24. The van der Waals surface area contributed by atoms with Gasteiger partial charge < -0.3 is 9.66 Å². The van der Waals surface area contributed by atoms with Crippen LogP contribution in [0.5, 0.6) is 0 Å². The van der Waals surface area contributed by atoms with Crippen LogP contribution in [0.1, 0.15) is 26.7 Å². The Hall–Kier alpha value is 0.270. The molecular weight excluding hydrogens is 184 g/mol. The van der Waals surface area contributed by atoms with Gasteiger partial charge in [0.05, 0.1) is 6.10 Å². The summed E-state index contributed by atoms with van der Waals surface area (Å²) in [6.07, 6.45) is 1.77. The van der Waals surface area contributed by atoms with Gasteiger partial charge in [-0.05, 0) is 48.1 Å². The van der Waals surface area contributed by atoms with Crippen molar-refractivity contribution in [3.63, 3.8) is 0 Å². The van der Waals surface area contributed by atoms with E-state index in [9.17, 15) is 5.11 Å². The highest BCUT2D eigenvalue weighted by atomic mass is 32.2. The topological polar surface area (TPSA) is 40.5 Å². The lowest BCUT2D eigenvalue weighted by Crippen LogP contribution is -2.16. The SMILES string of the molecule is CC(C)C1C2CC(O)CC21CSO. The van der Waals surface area contributed by atoms with Crippen molar-refractivity contribution in [3.05, 3.63) is 0 Å². The van der Waals surface area contributed by atoms with E-state index >= 15 is 0 Å². The van der Waals surface area contributed by atoms with Crippen molar-refractivity contribution in [3.8, 4) is 0 Å². The van der Waals surface area contributed by atoms with Crippen molar-refractivity contribution in [1.82, 2.24) is 0 Å². The second-order valence-electron chi connectivity index (χ2n) is 4.98. The second kappa shape index (κ2) is 3.14. The fourth-order valence-electron chi connectivity index (χ4n) is 3.61. The Balaban J connectivity index is 2.06. The molecule has 2 fully saturated rings. The maximum Gasteiger partial charge on any atom is 0.0549 e. The van der Waals surface area contributed by atoms with E-state index in [1.54, 1.807) is 0 Å². The van der Waals surface area contributed by atoms with Crippen molar-refractivity contribution in [2.45, 2.75) is 32.8 Å². The Labute approximate surface area is 83.9 Å². The Kier molecular flexibility index (Phi) is 2.37. The van der Waals surface area contributed by atoms with Gasteiger partial charge in [0.15, 0.2) is 0 Å². The molecule has 3 heteroatoms. The highest BCUT2D eigenvalue weighted by Crippen LogP contribution is 2.71. The van der Waals surface area contributed by atoms with E-state index in [-0.39, 0.29) is 11.5 Å². The summed E-state index contributed by atoms with van der Waals surface area (Å²) < 4.78 is 8.94. The molecule has 0 saturated heterocycles. The van der Waals surface area contributed by atoms with Gasteiger partial charge in [-0.1, -0.05) is 13.8 Å². The van der Waals surface area contributed by atoms with Crippen LogP contribution in [0.3, 0.4) is 0 Å². The van der Waals surface area contributed by atoms with Crippen LogP contribution in [-0.2, 0) is 0 Å². The number of aliphatic hydroxyl groups is 1. The Morgan fingerprint density at radius 1 is 1.54 bits per heavy atom. The van der Waals surface area contributed by atoms with Crippen LogP contribution in [0.15, 0.2) is 0 Å². The minimum Gasteiger partial charge on any atom is -0.393 e. The number of rotatable bonds is 3. The normalized spacial score (nSPS) is 48.2. The van der Waals surface area contributed by atoms with Gasteiger partial charge in [0.2, 0.25) is 0 Å². The summed E-state index contributed by atoms with van der Waals surface area (Å²) in [5.74, 6) is 2.94. The number of hydrogen-bond donors (Lipinski definition) is 2. The first-order chi connectivity index (χ1) is 6.12. The largest absolute Gasteiger partial charge is 0.393 e. The van der Waals surface area contributed by atoms with Gasteiger partial charge in [-0.2, -0.15) is 0 Å². The van der Waals surface area contributed by atoms with Gasteiger partial charge in [-0.25, -0.2) is 0 Å². The maximum atomic E-state index is 9.53. The Morgan fingerprint density at radius 2 is 2.23 bits per heavy atom. The third-order valence-electron chi connectivity index (χ3n) is 3.92. The molecule has 2 saturated carbocycles. The van der Waals surface area contributed by atoms with Gasteiger partial charge in [0, 0.05) is 5.75 Å². The van der Waals surface area contributed by atoms with Gasteiger partial charge in [0.1, 0.15) is 0 Å². The second-order valence-corrected chi connectivity index (χ2v) is 5.52. The van der Waals surface area contributed by atoms with E-state index in [1.807, 2.05) is 0 Å². The molecule has 0 radical (unpaired) electrons. The van der Waals surface area contributed by atoms with Crippen LogP contribution in [0.4, 0.5) is 0 Å². The summed E-state index contributed by atoms with van der Waals surface area (Å²) in [6, 6.07) is 0. The first-order valence-electron chi connectivity index (χ1n) is 5.06. The molecular formula is C10H18O2S. The van der Waals surface area contributed by atoms with Crippen molar-refractivity contribution in [1.29, 1.82) is 0 Å². The molecule has 4 atom stereocenters. The van der Waals surface area contributed by atoms with Crippen LogP contribution in [0, 0.1) is 23.2 Å². The van der Waals surface area contributed by atoms with Crippen LogP contribution in [-0.4, -0.2) is 21.5 Å². The van der Waals surface area contributed by atoms with E-state index in [0.29, 0.717) is 11.8 Å². The van der Waals surface area contributed by atoms with Crippen molar-refractivity contribution in [2.24, 2.45) is 23.2 Å². The molecule has 76 valence electrons. The summed E-state index contributed by atoms with van der Waals surface area (Å²) in [4.78, 5) is 0. The summed E-state index contributed by atoms with van der Waals surface area (Å²) in [5, 5.41) is 9.53. The highest BCUT2D eigenvalue weighted by molar-refractivity contribution is 7.93. The molecule has 0 aromatic carbocycles. The monoisotopic (exact) mass is 202 g/mol. The molecule has 0 heterocycles. The summed E-state index contributed by atoms with van der Waals surface area (Å²) in [7, 11) is 0. The summed E-state index contributed by atoms with van der Waals surface area (Å²) in [6.45, 7) is 4.50.